The zero-order valence-corrected chi connectivity index (χ0v) is 18.5. The van der Waals surface area contributed by atoms with E-state index in [0.29, 0.717) is 16.8 Å². The van der Waals surface area contributed by atoms with E-state index in [1.807, 2.05) is 59.3 Å². The Morgan fingerprint density at radius 1 is 1.00 bits per heavy atom. The Kier molecular flexibility index (Phi) is 6.03. The predicted molar refractivity (Wildman–Crippen MR) is 131 cm³/mol. The van der Waals surface area contributed by atoms with Crippen molar-refractivity contribution in [3.63, 3.8) is 0 Å². The first kappa shape index (κ1) is 20.5. The highest BCUT2D eigenvalue weighted by molar-refractivity contribution is 6.30. The zero-order valence-electron chi connectivity index (χ0n) is 17.8. The highest BCUT2D eigenvalue weighted by Gasteiger charge is 2.15. The third kappa shape index (κ3) is 4.60. The lowest BCUT2D eigenvalue weighted by molar-refractivity contribution is 0.679. The van der Waals surface area contributed by atoms with Crippen LogP contribution in [-0.2, 0) is 0 Å². The fourth-order valence-electron chi connectivity index (χ4n) is 4.01. The van der Waals surface area contributed by atoms with Gasteiger partial charge in [-0.15, -0.1) is 0 Å². The van der Waals surface area contributed by atoms with Gasteiger partial charge < -0.3 is 10.6 Å². The Bertz CT molecular complexity index is 1250. The number of nitrogens with zero attached hydrogens (tertiary/aromatic N) is 4. The second kappa shape index (κ2) is 9.40. The van der Waals surface area contributed by atoms with Gasteiger partial charge in [0.05, 0.1) is 17.3 Å². The second-order valence-corrected chi connectivity index (χ2v) is 8.38. The van der Waals surface area contributed by atoms with Crippen LogP contribution in [0.4, 0.5) is 17.5 Å². The van der Waals surface area contributed by atoms with Gasteiger partial charge in [0.2, 0.25) is 5.95 Å². The minimum Gasteiger partial charge on any atom is -0.354 e. The maximum Gasteiger partial charge on any atom is 0.226 e. The molecule has 0 radical (unpaired) electrons. The van der Waals surface area contributed by atoms with Gasteiger partial charge in [-0.2, -0.15) is 15.1 Å². The molecule has 2 heterocycles. The SMILES string of the molecule is Clc1cccc(Nc2nc(NCCC3=CCCCC3)nc3c2cnn3-c2ccccc2)c1. The first-order valence-corrected chi connectivity index (χ1v) is 11.4. The molecule has 0 bridgehead atoms. The van der Waals surface area contributed by atoms with Gasteiger partial charge >= 0.3 is 0 Å². The fourth-order valence-corrected chi connectivity index (χ4v) is 4.20. The van der Waals surface area contributed by atoms with E-state index in [4.69, 9.17) is 21.6 Å². The molecule has 2 aromatic heterocycles. The number of benzene rings is 2. The van der Waals surface area contributed by atoms with Crippen molar-refractivity contribution in [3.05, 3.63) is 77.5 Å². The van der Waals surface area contributed by atoms with E-state index in [1.54, 1.807) is 6.20 Å². The van der Waals surface area contributed by atoms with Gasteiger partial charge in [-0.3, -0.25) is 0 Å². The summed E-state index contributed by atoms with van der Waals surface area (Å²) in [5, 5.41) is 12.9. The summed E-state index contributed by atoms with van der Waals surface area (Å²) in [6.07, 6.45) is 10.2. The first-order chi connectivity index (χ1) is 15.8. The lowest BCUT2D eigenvalue weighted by atomic mass is 9.97. The molecule has 2 aromatic carbocycles. The standard InChI is InChI=1S/C25H25ClN6/c26-19-10-7-11-20(16-19)29-23-22-17-28-32(21-12-5-2-6-13-21)24(22)31-25(30-23)27-15-14-18-8-3-1-4-9-18/h2,5-8,10-13,16-17H,1,3-4,9,14-15H2,(H2,27,29,30,31). The normalized spacial score (nSPS) is 13.7. The third-order valence-electron chi connectivity index (χ3n) is 5.63. The van der Waals surface area contributed by atoms with Crippen molar-refractivity contribution in [2.45, 2.75) is 32.1 Å². The van der Waals surface area contributed by atoms with Crippen LogP contribution in [0.1, 0.15) is 32.1 Å². The Labute approximate surface area is 192 Å². The lowest BCUT2D eigenvalue weighted by Crippen LogP contribution is -2.09. The average molecular weight is 445 g/mol. The molecular weight excluding hydrogens is 420 g/mol. The molecule has 5 rings (SSSR count). The van der Waals surface area contributed by atoms with Crippen molar-refractivity contribution in [1.82, 2.24) is 19.7 Å². The van der Waals surface area contributed by atoms with Gasteiger partial charge in [-0.05, 0) is 62.4 Å². The molecule has 0 unspecified atom stereocenters. The second-order valence-electron chi connectivity index (χ2n) is 7.95. The Hall–Kier alpha value is -3.38. The molecule has 0 saturated carbocycles. The van der Waals surface area contributed by atoms with Crippen LogP contribution in [0.3, 0.4) is 0 Å². The summed E-state index contributed by atoms with van der Waals surface area (Å²) in [4.78, 5) is 9.57. The van der Waals surface area contributed by atoms with Gasteiger partial charge in [-0.25, -0.2) is 4.68 Å². The third-order valence-corrected chi connectivity index (χ3v) is 5.87. The van der Waals surface area contributed by atoms with E-state index in [0.717, 1.165) is 35.4 Å². The van der Waals surface area contributed by atoms with Crippen molar-refractivity contribution < 1.29 is 0 Å². The number of aromatic nitrogens is 4. The molecular formula is C25H25ClN6. The maximum atomic E-state index is 6.18. The van der Waals surface area contributed by atoms with E-state index < -0.39 is 0 Å². The van der Waals surface area contributed by atoms with Crippen LogP contribution in [0.2, 0.25) is 5.02 Å². The van der Waals surface area contributed by atoms with Gasteiger partial charge in [0.1, 0.15) is 5.82 Å². The van der Waals surface area contributed by atoms with Crippen molar-refractivity contribution in [3.8, 4) is 5.69 Å². The number of hydrogen-bond acceptors (Lipinski definition) is 5. The molecule has 32 heavy (non-hydrogen) atoms. The molecule has 1 aliphatic rings. The van der Waals surface area contributed by atoms with Crippen LogP contribution in [-0.4, -0.2) is 26.3 Å². The first-order valence-electron chi connectivity index (χ1n) is 11.0. The van der Waals surface area contributed by atoms with Gasteiger partial charge in [0.15, 0.2) is 5.65 Å². The fraction of sp³-hybridized carbons (Fsp3) is 0.240. The topological polar surface area (TPSA) is 67.7 Å². The Morgan fingerprint density at radius 2 is 1.91 bits per heavy atom. The zero-order chi connectivity index (χ0) is 21.8. The summed E-state index contributed by atoms with van der Waals surface area (Å²) in [6, 6.07) is 17.6. The lowest BCUT2D eigenvalue weighted by Gasteiger charge is -2.14. The molecule has 0 atom stereocenters. The molecule has 7 heteroatoms. The Balaban J connectivity index is 1.48. The molecule has 2 N–H and O–H groups in total. The Morgan fingerprint density at radius 3 is 2.72 bits per heavy atom. The van der Waals surface area contributed by atoms with E-state index in [-0.39, 0.29) is 0 Å². The molecule has 0 aliphatic heterocycles. The minimum atomic E-state index is 0.580. The quantitative estimate of drug-likeness (QED) is 0.318. The smallest absolute Gasteiger partial charge is 0.226 e. The van der Waals surface area contributed by atoms with Crippen LogP contribution in [0.15, 0.2) is 72.4 Å². The van der Waals surface area contributed by atoms with Crippen molar-refractivity contribution in [1.29, 1.82) is 0 Å². The summed E-state index contributed by atoms with van der Waals surface area (Å²) in [7, 11) is 0. The van der Waals surface area contributed by atoms with Gasteiger partial charge in [0, 0.05) is 17.3 Å². The maximum absolute atomic E-state index is 6.18. The average Bonchev–Trinajstić information content (AvgIpc) is 3.25. The van der Waals surface area contributed by atoms with Crippen LogP contribution >= 0.6 is 11.6 Å². The van der Waals surface area contributed by atoms with Crippen LogP contribution in [0.5, 0.6) is 0 Å². The number of para-hydroxylation sites is 1. The van der Waals surface area contributed by atoms with E-state index in [1.165, 1.54) is 31.3 Å². The molecule has 162 valence electrons. The summed E-state index contributed by atoms with van der Waals surface area (Å²) >= 11 is 6.18. The number of halogens is 1. The van der Waals surface area contributed by atoms with Crippen LogP contribution < -0.4 is 10.6 Å². The van der Waals surface area contributed by atoms with E-state index in [2.05, 4.69) is 21.8 Å². The molecule has 0 saturated heterocycles. The van der Waals surface area contributed by atoms with Crippen LogP contribution in [0, 0.1) is 0 Å². The van der Waals surface area contributed by atoms with Crippen molar-refractivity contribution in [2.24, 2.45) is 0 Å². The monoisotopic (exact) mass is 444 g/mol. The van der Waals surface area contributed by atoms with Gasteiger partial charge in [0.25, 0.3) is 0 Å². The summed E-state index contributed by atoms with van der Waals surface area (Å²) in [6.45, 7) is 0.799. The molecule has 0 amide bonds. The summed E-state index contributed by atoms with van der Waals surface area (Å²) in [5.41, 5.74) is 4.09. The summed E-state index contributed by atoms with van der Waals surface area (Å²) in [5.74, 6) is 1.27. The number of allylic oxidation sites excluding steroid dienone is 1. The molecule has 4 aromatic rings. The predicted octanol–water partition coefficient (Wildman–Crippen LogP) is 6.51. The number of hydrogen-bond donors (Lipinski definition) is 2. The van der Waals surface area contributed by atoms with Gasteiger partial charge in [-0.1, -0.05) is 47.5 Å². The number of nitrogens with one attached hydrogen (secondary N) is 2. The molecule has 6 nitrogen and oxygen atoms in total. The summed E-state index contributed by atoms with van der Waals surface area (Å²) < 4.78 is 1.84. The van der Waals surface area contributed by atoms with E-state index in [9.17, 15) is 0 Å². The molecule has 1 aliphatic carbocycles. The van der Waals surface area contributed by atoms with Crippen LogP contribution in [0.25, 0.3) is 16.7 Å². The number of anilines is 3. The van der Waals surface area contributed by atoms with E-state index >= 15 is 0 Å². The molecule has 0 spiro atoms. The minimum absolute atomic E-state index is 0.580. The largest absolute Gasteiger partial charge is 0.354 e. The number of fused-ring (bicyclic) bond motifs is 1. The van der Waals surface area contributed by atoms with Crippen molar-refractivity contribution in [2.75, 3.05) is 17.2 Å². The highest BCUT2D eigenvalue weighted by atomic mass is 35.5. The van der Waals surface area contributed by atoms with Crippen molar-refractivity contribution >= 4 is 40.1 Å². The highest BCUT2D eigenvalue weighted by Crippen LogP contribution is 2.28. The number of rotatable bonds is 7. The molecule has 0 fully saturated rings.